The van der Waals surface area contributed by atoms with Crippen molar-refractivity contribution in [2.75, 3.05) is 0 Å². The van der Waals surface area contributed by atoms with Crippen LogP contribution in [0.15, 0.2) is 23.0 Å². The first-order valence-electron chi connectivity index (χ1n) is 14.1. The second kappa shape index (κ2) is 6.06. The molecule has 10 heteroatoms. The first kappa shape index (κ1) is 23.6. The molecule has 0 aromatic carbocycles. The molecule has 2 N–H and O–H groups in total. The van der Waals surface area contributed by atoms with Crippen LogP contribution in [0.2, 0.25) is 0 Å². The van der Waals surface area contributed by atoms with Crippen LogP contribution in [-0.2, 0) is 38.1 Å². The number of hydrogen-bond donors (Lipinski definition) is 2. The van der Waals surface area contributed by atoms with E-state index in [1.807, 2.05) is 20.8 Å². The number of carbonyl (C=O) groups excluding carboxylic acids is 3. The lowest BCUT2D eigenvalue weighted by Crippen LogP contribution is -2.73. The van der Waals surface area contributed by atoms with Crippen molar-refractivity contribution in [2.45, 2.75) is 94.5 Å². The second-order valence-electron chi connectivity index (χ2n) is 14.3. The maximum Gasteiger partial charge on any atom is 0.339 e. The monoisotopic (exact) mass is 540 g/mol. The smallest absolute Gasteiger partial charge is 0.339 e. The topological polar surface area (TPSA) is 138 Å². The fourth-order valence-electron chi connectivity index (χ4n) is 11.3. The lowest BCUT2D eigenvalue weighted by atomic mass is 9.63. The van der Waals surface area contributed by atoms with Crippen molar-refractivity contribution < 1.29 is 48.3 Å². The molecule has 208 valence electrons. The van der Waals surface area contributed by atoms with Crippen molar-refractivity contribution in [1.29, 1.82) is 0 Å². The molecule has 2 spiro atoms. The summed E-state index contributed by atoms with van der Waals surface area (Å²) in [4.78, 5) is 39.4. The van der Waals surface area contributed by atoms with Gasteiger partial charge in [-0.25, -0.2) is 4.79 Å². The predicted molar refractivity (Wildman–Crippen MR) is 127 cm³/mol. The van der Waals surface area contributed by atoms with Crippen molar-refractivity contribution in [2.24, 2.45) is 40.9 Å². The lowest BCUT2D eigenvalue weighted by Gasteiger charge is -2.53. The zero-order valence-electron chi connectivity index (χ0n) is 22.5. The van der Waals surface area contributed by atoms with E-state index in [1.165, 1.54) is 0 Å². The quantitative estimate of drug-likeness (QED) is 0.432. The van der Waals surface area contributed by atoms with Gasteiger partial charge in [0.05, 0.1) is 24.0 Å². The molecule has 1 unspecified atom stereocenters. The van der Waals surface area contributed by atoms with Crippen LogP contribution in [0.4, 0.5) is 0 Å². The Balaban J connectivity index is 1.28. The predicted octanol–water partition coefficient (Wildman–Crippen LogP) is 1.28. The highest BCUT2D eigenvalue weighted by atomic mass is 16.7. The molecular weight excluding hydrogens is 508 g/mol. The van der Waals surface area contributed by atoms with Gasteiger partial charge in [-0.2, -0.15) is 0 Å². The summed E-state index contributed by atoms with van der Waals surface area (Å²) in [7, 11) is 0. The van der Waals surface area contributed by atoms with Gasteiger partial charge >= 0.3 is 11.9 Å². The molecule has 7 aliphatic heterocycles. The number of esters is 2. The van der Waals surface area contributed by atoms with E-state index in [9.17, 15) is 24.6 Å². The third-order valence-corrected chi connectivity index (χ3v) is 12.5. The maximum atomic E-state index is 14.2. The molecule has 13 atom stereocenters. The van der Waals surface area contributed by atoms with Crippen molar-refractivity contribution >= 4 is 17.7 Å². The summed E-state index contributed by atoms with van der Waals surface area (Å²) in [5.74, 6) is -7.47. The molecule has 0 aromatic rings. The van der Waals surface area contributed by atoms with Crippen LogP contribution < -0.4 is 0 Å². The Hall–Kier alpha value is -2.11. The van der Waals surface area contributed by atoms with E-state index in [0.717, 1.165) is 5.57 Å². The van der Waals surface area contributed by atoms with E-state index in [-0.39, 0.29) is 30.6 Å². The molecule has 0 aromatic heterocycles. The average molecular weight is 541 g/mol. The van der Waals surface area contributed by atoms with E-state index in [2.05, 4.69) is 6.92 Å². The average Bonchev–Trinajstić information content (AvgIpc) is 3.15. The minimum atomic E-state index is -2.23. The highest BCUT2D eigenvalue weighted by Gasteiger charge is 2.95. The van der Waals surface area contributed by atoms with Crippen LogP contribution >= 0.6 is 0 Å². The summed E-state index contributed by atoms with van der Waals surface area (Å²) < 4.78 is 31.1. The van der Waals surface area contributed by atoms with Gasteiger partial charge in [-0.1, -0.05) is 13.8 Å². The number of rotatable bonds is 0. The van der Waals surface area contributed by atoms with Crippen LogP contribution in [0, 0.1) is 40.9 Å². The number of fused-ring (bicyclic) bond motifs is 6. The third kappa shape index (κ3) is 2.05. The van der Waals surface area contributed by atoms with Gasteiger partial charge in [0.25, 0.3) is 0 Å². The molecule has 8 fully saturated rings. The summed E-state index contributed by atoms with van der Waals surface area (Å²) in [6.07, 6.45) is 0.638. The van der Waals surface area contributed by atoms with E-state index in [4.69, 9.17) is 23.7 Å². The number of cyclic esters (lactones) is 1. The Bertz CT molecular complexity index is 1410. The Kier molecular flexibility index (Phi) is 3.67. The number of carbonyl (C=O) groups is 3. The molecule has 9 aliphatic rings. The van der Waals surface area contributed by atoms with Crippen molar-refractivity contribution in [3.05, 3.63) is 23.0 Å². The van der Waals surface area contributed by atoms with Crippen molar-refractivity contribution in [1.82, 2.24) is 0 Å². The fourth-order valence-corrected chi connectivity index (χ4v) is 11.3. The molecular formula is C29H32O10. The molecule has 9 rings (SSSR count). The van der Waals surface area contributed by atoms with Crippen molar-refractivity contribution in [3.8, 4) is 0 Å². The maximum absolute atomic E-state index is 14.2. The first-order chi connectivity index (χ1) is 18.2. The number of Topliss-reactive ketones (excluding diaryl/α,β-unsaturated/α-hetero) is 1. The zero-order valence-corrected chi connectivity index (χ0v) is 22.5. The van der Waals surface area contributed by atoms with Crippen LogP contribution in [-0.4, -0.2) is 68.5 Å². The number of hydrogen-bond acceptors (Lipinski definition) is 10. The molecule has 0 radical (unpaired) electrons. The molecule has 4 bridgehead atoms. The SMILES string of the molecule is CC1=C/C(=C2\[C@@H](C)[C@@H]3C4[C@]3(C)[C@@H]2C[C@@]23O[C@]4(O)C(=O)[C@@H]2[C@@H]2C[C@H]4C(C)(C)O[C@@H]5CC(=O)O[C@@]54[C@@]3(O)O2)OC1=O. The Morgan fingerprint density at radius 3 is 2.51 bits per heavy atom. The van der Waals surface area contributed by atoms with E-state index in [1.54, 1.807) is 13.0 Å². The molecule has 2 saturated carbocycles. The molecule has 7 heterocycles. The van der Waals surface area contributed by atoms with Gasteiger partial charge in [0.2, 0.25) is 23.0 Å². The summed E-state index contributed by atoms with van der Waals surface area (Å²) in [6.45, 7) is 9.62. The first-order valence-corrected chi connectivity index (χ1v) is 14.1. The second-order valence-corrected chi connectivity index (χ2v) is 14.3. The summed E-state index contributed by atoms with van der Waals surface area (Å²) in [6, 6.07) is 0. The molecule has 10 nitrogen and oxygen atoms in total. The van der Waals surface area contributed by atoms with Gasteiger partial charge in [0.15, 0.2) is 0 Å². The summed E-state index contributed by atoms with van der Waals surface area (Å²) in [5, 5.41) is 25.0. The Labute approximate surface area is 224 Å². The standard InChI is InChI=1S/C29H32O10/c1-10-6-13(35-23(10)32)18-11(2)19-21-25(19,5)12(18)9-26-20(22(31)28(21,33)39-26)14-7-15-24(3,4)37-16-8-17(30)38-27(15,16)29(26,34)36-14/h6,11-12,14-16,19-21,33-34H,7-9H2,1-5H3/b18-13-/t11-,12-,14+,15+,16-,19-,20+,21?,25-,26-,27-,28+,29+/m1/s1. The van der Waals surface area contributed by atoms with Gasteiger partial charge in [-0.15, -0.1) is 0 Å². The highest BCUT2D eigenvalue weighted by molar-refractivity contribution is 5.94. The van der Waals surface area contributed by atoms with Gasteiger partial charge in [-0.3, -0.25) is 9.59 Å². The number of allylic oxidation sites excluding steroid dienone is 2. The van der Waals surface area contributed by atoms with Crippen LogP contribution in [0.25, 0.3) is 0 Å². The van der Waals surface area contributed by atoms with E-state index >= 15 is 0 Å². The molecule has 39 heavy (non-hydrogen) atoms. The van der Waals surface area contributed by atoms with E-state index in [0.29, 0.717) is 17.8 Å². The fraction of sp³-hybridized carbons (Fsp3) is 0.759. The Morgan fingerprint density at radius 1 is 1.08 bits per heavy atom. The van der Waals surface area contributed by atoms with Gasteiger partial charge < -0.3 is 33.9 Å². The zero-order chi connectivity index (χ0) is 27.4. The third-order valence-electron chi connectivity index (χ3n) is 12.5. The largest absolute Gasteiger partial charge is 0.450 e. The van der Waals surface area contributed by atoms with E-state index < -0.39 is 81.5 Å². The summed E-state index contributed by atoms with van der Waals surface area (Å²) in [5.41, 5.74) is -3.10. The van der Waals surface area contributed by atoms with Crippen LogP contribution in [0.5, 0.6) is 0 Å². The van der Waals surface area contributed by atoms with Gasteiger partial charge in [0.1, 0.15) is 17.5 Å². The van der Waals surface area contributed by atoms with Gasteiger partial charge in [0, 0.05) is 17.4 Å². The summed E-state index contributed by atoms with van der Waals surface area (Å²) >= 11 is 0. The minimum absolute atomic E-state index is 0.0482. The molecule has 6 saturated heterocycles. The normalized spacial score (nSPS) is 62.2. The number of ether oxygens (including phenoxy) is 5. The van der Waals surface area contributed by atoms with Crippen molar-refractivity contribution in [3.63, 3.8) is 0 Å². The highest BCUT2D eigenvalue weighted by Crippen LogP contribution is 2.84. The molecule has 2 aliphatic carbocycles. The molecule has 0 amide bonds. The minimum Gasteiger partial charge on any atom is -0.450 e. The van der Waals surface area contributed by atoms with Gasteiger partial charge in [-0.05, 0) is 68.4 Å². The number of ketones is 1. The number of aliphatic hydroxyl groups is 2. The Morgan fingerprint density at radius 2 is 1.82 bits per heavy atom. The van der Waals surface area contributed by atoms with Crippen LogP contribution in [0.1, 0.15) is 53.9 Å². The lowest BCUT2D eigenvalue weighted by molar-refractivity contribution is -0.392. The van der Waals surface area contributed by atoms with Crippen LogP contribution in [0.3, 0.4) is 0 Å².